The Morgan fingerprint density at radius 3 is 2.39 bits per heavy atom. The molecule has 1 aliphatic rings. The first-order valence-electron chi connectivity index (χ1n) is 11.0. The molecule has 1 saturated carbocycles. The Morgan fingerprint density at radius 2 is 1.74 bits per heavy atom. The summed E-state index contributed by atoms with van der Waals surface area (Å²) in [6.45, 7) is 6.65. The van der Waals surface area contributed by atoms with Gasteiger partial charge in [0.05, 0.1) is 0 Å². The van der Waals surface area contributed by atoms with E-state index in [0.717, 1.165) is 29.4 Å². The van der Waals surface area contributed by atoms with E-state index in [2.05, 4.69) is 59.8 Å². The molecular formula is C25H29ClFN3S. The van der Waals surface area contributed by atoms with E-state index in [9.17, 15) is 4.39 Å². The molecule has 0 bridgehead atoms. The van der Waals surface area contributed by atoms with E-state index in [1.165, 1.54) is 42.7 Å². The lowest BCUT2D eigenvalue weighted by atomic mass is 9.86. The Labute approximate surface area is 193 Å². The van der Waals surface area contributed by atoms with Gasteiger partial charge in [-0.15, -0.1) is 10.2 Å². The molecule has 0 N–H and O–H groups in total. The summed E-state index contributed by atoms with van der Waals surface area (Å²) in [6, 6.07) is 13.8. The number of thioether (sulfide) groups is 1. The van der Waals surface area contributed by atoms with Gasteiger partial charge < -0.3 is 0 Å². The van der Waals surface area contributed by atoms with Crippen LogP contribution in [0.4, 0.5) is 4.39 Å². The summed E-state index contributed by atoms with van der Waals surface area (Å²) in [5.41, 5.74) is 2.99. The Hall–Kier alpha value is -1.85. The summed E-state index contributed by atoms with van der Waals surface area (Å²) in [4.78, 5) is 0. The summed E-state index contributed by atoms with van der Waals surface area (Å²) in [6.07, 6.45) is 5.96. The molecule has 1 aliphatic carbocycles. The lowest BCUT2D eigenvalue weighted by Crippen LogP contribution is -2.15. The minimum atomic E-state index is -0.276. The number of aromatic nitrogens is 3. The number of hydrogen-bond acceptors (Lipinski definition) is 3. The van der Waals surface area contributed by atoms with Crippen LogP contribution in [0.25, 0.3) is 11.4 Å². The summed E-state index contributed by atoms with van der Waals surface area (Å²) < 4.78 is 16.6. The van der Waals surface area contributed by atoms with Crippen molar-refractivity contribution in [3.05, 3.63) is 64.4 Å². The average molecular weight is 458 g/mol. The maximum absolute atomic E-state index is 14.3. The van der Waals surface area contributed by atoms with Gasteiger partial charge in [-0.2, -0.15) is 0 Å². The van der Waals surface area contributed by atoms with Gasteiger partial charge in [0.1, 0.15) is 5.82 Å². The van der Waals surface area contributed by atoms with E-state index in [4.69, 9.17) is 11.6 Å². The SMILES string of the molecule is CC(C)(C)c1ccc(-c2nnc(SCc3c(F)cccc3Cl)n2C2CCCCC2)cc1. The molecule has 0 aliphatic heterocycles. The van der Waals surface area contributed by atoms with Crippen molar-refractivity contribution in [1.82, 2.24) is 14.8 Å². The van der Waals surface area contributed by atoms with Crippen molar-refractivity contribution in [2.45, 2.75) is 75.2 Å². The number of halogens is 2. The van der Waals surface area contributed by atoms with Crippen molar-refractivity contribution in [2.75, 3.05) is 0 Å². The highest BCUT2D eigenvalue weighted by molar-refractivity contribution is 7.98. The van der Waals surface area contributed by atoms with Crippen LogP contribution in [0.1, 0.15) is 70.0 Å². The molecule has 4 rings (SSSR count). The highest BCUT2D eigenvalue weighted by atomic mass is 35.5. The first-order chi connectivity index (χ1) is 14.8. The van der Waals surface area contributed by atoms with Crippen LogP contribution in [0.15, 0.2) is 47.6 Å². The van der Waals surface area contributed by atoms with Gasteiger partial charge >= 0.3 is 0 Å². The molecule has 1 fully saturated rings. The van der Waals surface area contributed by atoms with Gasteiger partial charge in [-0.3, -0.25) is 4.57 Å². The maximum atomic E-state index is 14.3. The monoisotopic (exact) mass is 457 g/mol. The van der Waals surface area contributed by atoms with Crippen molar-refractivity contribution < 1.29 is 4.39 Å². The first-order valence-corrected chi connectivity index (χ1v) is 12.3. The molecule has 2 aromatic carbocycles. The molecule has 0 saturated heterocycles. The fourth-order valence-corrected chi connectivity index (χ4v) is 5.52. The van der Waals surface area contributed by atoms with Crippen LogP contribution in [0.2, 0.25) is 5.02 Å². The zero-order valence-electron chi connectivity index (χ0n) is 18.4. The molecule has 0 atom stereocenters. The van der Waals surface area contributed by atoms with Gasteiger partial charge in [0.25, 0.3) is 0 Å². The molecule has 1 aromatic heterocycles. The fraction of sp³-hybridized carbons (Fsp3) is 0.440. The summed E-state index contributed by atoms with van der Waals surface area (Å²) >= 11 is 7.75. The predicted octanol–water partition coefficient (Wildman–Crippen LogP) is 7.83. The standard InChI is InChI=1S/C25H29ClFN3S/c1-25(2,3)18-14-12-17(13-15-18)23-28-29-24(30(23)19-8-5-4-6-9-19)31-16-20-21(26)10-7-11-22(20)27/h7,10-15,19H,4-6,8-9,16H2,1-3H3. The quantitative estimate of drug-likeness (QED) is 0.365. The Kier molecular flexibility index (Phi) is 6.73. The smallest absolute Gasteiger partial charge is 0.192 e. The van der Waals surface area contributed by atoms with Crippen LogP contribution in [-0.4, -0.2) is 14.8 Å². The largest absolute Gasteiger partial charge is 0.299 e. The third-order valence-corrected chi connectivity index (χ3v) is 7.34. The van der Waals surface area contributed by atoms with Crippen molar-refractivity contribution in [3.63, 3.8) is 0 Å². The van der Waals surface area contributed by atoms with Crippen molar-refractivity contribution in [1.29, 1.82) is 0 Å². The Morgan fingerprint density at radius 1 is 1.03 bits per heavy atom. The Bertz CT molecular complexity index is 1010. The Balaban J connectivity index is 1.67. The fourth-order valence-electron chi connectivity index (χ4n) is 4.17. The molecule has 31 heavy (non-hydrogen) atoms. The van der Waals surface area contributed by atoms with Crippen molar-refractivity contribution in [3.8, 4) is 11.4 Å². The number of nitrogens with zero attached hydrogens (tertiary/aromatic N) is 3. The summed E-state index contributed by atoms with van der Waals surface area (Å²) in [7, 11) is 0. The number of hydrogen-bond donors (Lipinski definition) is 0. The zero-order valence-corrected chi connectivity index (χ0v) is 19.9. The van der Waals surface area contributed by atoms with Gasteiger partial charge in [-0.05, 0) is 36.0 Å². The van der Waals surface area contributed by atoms with Crippen LogP contribution >= 0.6 is 23.4 Å². The molecule has 3 aromatic rings. The van der Waals surface area contributed by atoms with Crippen molar-refractivity contribution >= 4 is 23.4 Å². The van der Waals surface area contributed by atoms with E-state index >= 15 is 0 Å². The average Bonchev–Trinajstić information content (AvgIpc) is 3.17. The second kappa shape index (κ2) is 9.33. The predicted molar refractivity (Wildman–Crippen MR) is 127 cm³/mol. The molecular weight excluding hydrogens is 429 g/mol. The zero-order chi connectivity index (χ0) is 22.0. The third-order valence-electron chi connectivity index (χ3n) is 6.02. The van der Waals surface area contributed by atoms with Gasteiger partial charge in [0.15, 0.2) is 11.0 Å². The van der Waals surface area contributed by atoms with Crippen molar-refractivity contribution in [2.24, 2.45) is 0 Å². The van der Waals surface area contributed by atoms with Crippen LogP contribution in [0.5, 0.6) is 0 Å². The van der Waals surface area contributed by atoms with E-state index in [1.807, 2.05) is 0 Å². The molecule has 1 heterocycles. The molecule has 164 valence electrons. The lowest BCUT2D eigenvalue weighted by molar-refractivity contribution is 0.339. The normalized spacial score (nSPS) is 15.4. The topological polar surface area (TPSA) is 30.7 Å². The highest BCUT2D eigenvalue weighted by Gasteiger charge is 2.24. The van der Waals surface area contributed by atoms with Gasteiger partial charge in [-0.25, -0.2) is 4.39 Å². The second-order valence-electron chi connectivity index (χ2n) is 9.28. The summed E-state index contributed by atoms with van der Waals surface area (Å²) in [5.74, 6) is 1.05. The van der Waals surface area contributed by atoms with Gasteiger partial charge in [0.2, 0.25) is 0 Å². The molecule has 0 amide bonds. The van der Waals surface area contributed by atoms with Crippen LogP contribution in [0.3, 0.4) is 0 Å². The van der Waals surface area contributed by atoms with Crippen LogP contribution in [-0.2, 0) is 11.2 Å². The minimum absolute atomic E-state index is 0.107. The van der Waals surface area contributed by atoms with E-state index in [0.29, 0.717) is 22.4 Å². The minimum Gasteiger partial charge on any atom is -0.299 e. The van der Waals surface area contributed by atoms with E-state index in [1.54, 1.807) is 12.1 Å². The molecule has 6 heteroatoms. The molecule has 3 nitrogen and oxygen atoms in total. The van der Waals surface area contributed by atoms with E-state index in [-0.39, 0.29) is 11.2 Å². The third kappa shape index (κ3) is 4.98. The maximum Gasteiger partial charge on any atom is 0.192 e. The van der Waals surface area contributed by atoms with E-state index < -0.39 is 0 Å². The lowest BCUT2D eigenvalue weighted by Gasteiger charge is -2.26. The first kappa shape index (κ1) is 22.3. The van der Waals surface area contributed by atoms with Gasteiger partial charge in [-0.1, -0.05) is 93.7 Å². The number of benzene rings is 2. The van der Waals surface area contributed by atoms with Gasteiger partial charge in [0, 0.05) is 27.9 Å². The number of rotatable bonds is 5. The highest BCUT2D eigenvalue weighted by Crippen LogP contribution is 2.37. The summed E-state index contributed by atoms with van der Waals surface area (Å²) in [5, 5.41) is 10.4. The van der Waals surface area contributed by atoms with Crippen LogP contribution in [0, 0.1) is 5.82 Å². The molecule has 0 spiro atoms. The van der Waals surface area contributed by atoms with Crippen LogP contribution < -0.4 is 0 Å². The molecule has 0 unspecified atom stereocenters. The molecule has 0 radical (unpaired) electrons. The second-order valence-corrected chi connectivity index (χ2v) is 10.6.